The number of hydrogen-bond donors (Lipinski definition) is 0. The van der Waals surface area contributed by atoms with Crippen LogP contribution in [0.4, 0.5) is 5.69 Å². The van der Waals surface area contributed by atoms with Crippen LogP contribution in [0.5, 0.6) is 11.5 Å². The first-order valence-corrected chi connectivity index (χ1v) is 9.30. The van der Waals surface area contributed by atoms with E-state index in [2.05, 4.69) is 4.99 Å². The van der Waals surface area contributed by atoms with Crippen LogP contribution in [0.3, 0.4) is 0 Å². The molecular weight excluding hydrogens is 358 g/mol. The van der Waals surface area contributed by atoms with Gasteiger partial charge in [0.15, 0.2) is 11.5 Å². The predicted octanol–water partition coefficient (Wildman–Crippen LogP) is 4.72. The third-order valence-corrected chi connectivity index (χ3v) is 3.72. The lowest BCUT2D eigenvalue weighted by Gasteiger charge is -2.10. The Morgan fingerprint density at radius 3 is 2.43 bits per heavy atom. The average Bonchev–Trinajstić information content (AvgIpc) is 2.68. The molecule has 0 aliphatic rings. The van der Waals surface area contributed by atoms with Crippen LogP contribution < -0.4 is 9.47 Å². The summed E-state index contributed by atoms with van der Waals surface area (Å²) in [7, 11) is 0. The molecule has 2 rings (SSSR count). The van der Waals surface area contributed by atoms with Gasteiger partial charge in [-0.1, -0.05) is 13.3 Å². The molecule has 0 atom stereocenters. The number of rotatable bonds is 9. The zero-order chi connectivity index (χ0) is 20.4. The molecule has 0 heterocycles. The van der Waals surface area contributed by atoms with Crippen LogP contribution >= 0.6 is 0 Å². The van der Waals surface area contributed by atoms with Gasteiger partial charge in [0.1, 0.15) is 0 Å². The molecule has 0 aromatic heterocycles. The molecule has 0 saturated heterocycles. The summed E-state index contributed by atoms with van der Waals surface area (Å²) in [5.41, 5.74) is 1.99. The van der Waals surface area contributed by atoms with Gasteiger partial charge in [-0.25, -0.2) is 4.79 Å². The van der Waals surface area contributed by atoms with Gasteiger partial charge in [0.25, 0.3) is 0 Å². The number of esters is 2. The highest BCUT2D eigenvalue weighted by atomic mass is 16.6. The van der Waals surface area contributed by atoms with E-state index in [1.807, 2.05) is 13.8 Å². The van der Waals surface area contributed by atoms with Gasteiger partial charge < -0.3 is 14.2 Å². The van der Waals surface area contributed by atoms with E-state index in [1.54, 1.807) is 48.7 Å². The summed E-state index contributed by atoms with van der Waals surface area (Å²) in [5.74, 6) is 0.117. The van der Waals surface area contributed by atoms with Gasteiger partial charge in [0.2, 0.25) is 0 Å². The lowest BCUT2D eigenvalue weighted by Crippen LogP contribution is -2.05. The van der Waals surface area contributed by atoms with Crippen molar-refractivity contribution in [2.45, 2.75) is 33.6 Å². The monoisotopic (exact) mass is 383 g/mol. The maximum Gasteiger partial charge on any atom is 0.338 e. The molecule has 28 heavy (non-hydrogen) atoms. The quantitative estimate of drug-likeness (QED) is 0.271. The molecule has 6 heteroatoms. The molecule has 0 saturated carbocycles. The number of ether oxygens (including phenoxy) is 3. The molecular formula is C22H25NO5. The van der Waals surface area contributed by atoms with E-state index in [9.17, 15) is 9.59 Å². The highest BCUT2D eigenvalue weighted by molar-refractivity contribution is 5.90. The summed E-state index contributed by atoms with van der Waals surface area (Å²) in [6.45, 7) is 6.12. The Hall–Kier alpha value is -3.15. The Morgan fingerprint density at radius 1 is 1.04 bits per heavy atom. The van der Waals surface area contributed by atoms with Gasteiger partial charge in [-0.05, 0) is 61.4 Å². The zero-order valence-electron chi connectivity index (χ0n) is 16.4. The minimum atomic E-state index is -0.407. The van der Waals surface area contributed by atoms with Gasteiger partial charge >= 0.3 is 11.9 Å². The standard InChI is InChI=1S/C22H25NO5/c1-4-6-13-27-22(25)18-8-10-19(11-9-18)23-15-17-7-12-20(28-16(3)24)21(14-17)26-5-2/h7-12,14-15H,4-6,13H2,1-3H3. The van der Waals surface area contributed by atoms with Gasteiger partial charge in [-0.3, -0.25) is 9.79 Å². The van der Waals surface area contributed by atoms with Crippen molar-refractivity contribution in [2.75, 3.05) is 13.2 Å². The van der Waals surface area contributed by atoms with E-state index >= 15 is 0 Å². The molecule has 0 unspecified atom stereocenters. The number of hydrogen-bond acceptors (Lipinski definition) is 6. The molecule has 0 spiro atoms. The van der Waals surface area contributed by atoms with Gasteiger partial charge in [-0.2, -0.15) is 0 Å². The molecule has 2 aromatic carbocycles. The Morgan fingerprint density at radius 2 is 1.79 bits per heavy atom. The normalized spacial score (nSPS) is 10.7. The summed E-state index contributed by atoms with van der Waals surface area (Å²) in [6, 6.07) is 12.1. The predicted molar refractivity (Wildman–Crippen MR) is 108 cm³/mol. The van der Waals surface area contributed by atoms with Gasteiger partial charge in [-0.15, -0.1) is 0 Å². The van der Waals surface area contributed by atoms with E-state index in [-0.39, 0.29) is 5.97 Å². The first kappa shape index (κ1) is 21.2. The van der Waals surface area contributed by atoms with Crippen molar-refractivity contribution in [3.05, 3.63) is 53.6 Å². The van der Waals surface area contributed by atoms with Crippen LogP contribution in [-0.2, 0) is 9.53 Å². The first-order chi connectivity index (χ1) is 13.5. The summed E-state index contributed by atoms with van der Waals surface area (Å²) in [4.78, 5) is 27.5. The number of aliphatic imine (C=N–C) groups is 1. The highest BCUT2D eigenvalue weighted by Crippen LogP contribution is 2.28. The average molecular weight is 383 g/mol. The van der Waals surface area contributed by atoms with Crippen molar-refractivity contribution in [1.82, 2.24) is 0 Å². The van der Waals surface area contributed by atoms with Gasteiger partial charge in [0.05, 0.1) is 24.5 Å². The topological polar surface area (TPSA) is 74.2 Å². The second-order valence-electron chi connectivity index (χ2n) is 6.03. The Labute approximate surface area is 165 Å². The van der Waals surface area contributed by atoms with Gasteiger partial charge in [0, 0.05) is 13.1 Å². The van der Waals surface area contributed by atoms with Crippen molar-refractivity contribution < 1.29 is 23.8 Å². The SMILES string of the molecule is CCCCOC(=O)c1ccc(N=Cc2ccc(OC(C)=O)c(OCC)c2)cc1. The number of benzene rings is 2. The number of nitrogens with zero attached hydrogens (tertiary/aromatic N) is 1. The summed E-state index contributed by atoms with van der Waals surface area (Å²) in [5, 5.41) is 0. The Balaban J connectivity index is 2.07. The highest BCUT2D eigenvalue weighted by Gasteiger charge is 2.08. The van der Waals surface area contributed by atoms with Crippen LogP contribution in [-0.4, -0.2) is 31.4 Å². The second-order valence-corrected chi connectivity index (χ2v) is 6.03. The van der Waals surface area contributed by atoms with E-state index in [0.29, 0.717) is 36.0 Å². The zero-order valence-corrected chi connectivity index (χ0v) is 16.4. The van der Waals surface area contributed by atoms with Crippen molar-refractivity contribution >= 4 is 23.8 Å². The molecule has 148 valence electrons. The third kappa shape index (κ3) is 6.54. The van der Waals surface area contributed by atoms with E-state index in [1.165, 1.54) is 6.92 Å². The molecule has 0 N–H and O–H groups in total. The number of unbranched alkanes of at least 4 members (excludes halogenated alkanes) is 1. The lowest BCUT2D eigenvalue weighted by molar-refractivity contribution is -0.132. The molecule has 0 bridgehead atoms. The lowest BCUT2D eigenvalue weighted by atomic mass is 10.2. The van der Waals surface area contributed by atoms with Crippen molar-refractivity contribution in [3.63, 3.8) is 0 Å². The van der Waals surface area contributed by atoms with E-state index < -0.39 is 5.97 Å². The van der Waals surface area contributed by atoms with Crippen molar-refractivity contribution in [2.24, 2.45) is 4.99 Å². The minimum absolute atomic E-state index is 0.327. The molecule has 0 fully saturated rings. The van der Waals surface area contributed by atoms with Crippen molar-refractivity contribution in [1.29, 1.82) is 0 Å². The molecule has 2 aromatic rings. The molecule has 0 radical (unpaired) electrons. The van der Waals surface area contributed by atoms with Crippen LogP contribution in [0.2, 0.25) is 0 Å². The molecule has 0 aliphatic heterocycles. The minimum Gasteiger partial charge on any atom is -0.490 e. The maximum absolute atomic E-state index is 11.9. The van der Waals surface area contributed by atoms with Crippen LogP contribution in [0.15, 0.2) is 47.5 Å². The third-order valence-electron chi connectivity index (χ3n) is 3.72. The summed E-state index contributed by atoms with van der Waals surface area (Å²) >= 11 is 0. The van der Waals surface area contributed by atoms with E-state index in [0.717, 1.165) is 18.4 Å². The van der Waals surface area contributed by atoms with Crippen LogP contribution in [0.25, 0.3) is 0 Å². The molecule has 0 amide bonds. The fraction of sp³-hybridized carbons (Fsp3) is 0.318. The number of carbonyl (C=O) groups is 2. The van der Waals surface area contributed by atoms with Crippen LogP contribution in [0.1, 0.15) is 49.5 Å². The summed E-state index contributed by atoms with van der Waals surface area (Å²) < 4.78 is 15.8. The fourth-order valence-corrected chi connectivity index (χ4v) is 2.34. The largest absolute Gasteiger partial charge is 0.490 e. The van der Waals surface area contributed by atoms with E-state index in [4.69, 9.17) is 14.2 Å². The summed E-state index contributed by atoms with van der Waals surface area (Å²) in [6.07, 6.45) is 3.51. The smallest absolute Gasteiger partial charge is 0.338 e. The maximum atomic E-state index is 11.9. The Bertz CT molecular complexity index is 827. The fourth-order valence-electron chi connectivity index (χ4n) is 2.34. The van der Waals surface area contributed by atoms with Crippen molar-refractivity contribution in [3.8, 4) is 11.5 Å². The molecule has 6 nitrogen and oxygen atoms in total. The second kappa shape index (κ2) is 10.9. The number of carbonyl (C=O) groups excluding carboxylic acids is 2. The van der Waals surface area contributed by atoms with Crippen LogP contribution in [0, 0.1) is 0 Å². The molecule has 0 aliphatic carbocycles. The Kier molecular flexibility index (Phi) is 8.21. The first-order valence-electron chi connectivity index (χ1n) is 9.30.